The Balaban J connectivity index is 1.45. The largest absolute Gasteiger partial charge is 0.296 e. The Hall–Kier alpha value is -1.31. The van der Waals surface area contributed by atoms with Gasteiger partial charge in [0.2, 0.25) is 0 Å². The number of hydrogen-bond donors (Lipinski definition) is 0. The highest BCUT2D eigenvalue weighted by molar-refractivity contribution is 6.31. The van der Waals surface area contributed by atoms with Gasteiger partial charge in [0, 0.05) is 11.1 Å². The molecule has 0 spiro atoms. The van der Waals surface area contributed by atoms with E-state index in [1.807, 2.05) is 0 Å². The lowest BCUT2D eigenvalue weighted by molar-refractivity contribution is 0.245. The second-order valence-electron chi connectivity index (χ2n) is 7.72. The molecule has 0 aromatic heterocycles. The summed E-state index contributed by atoms with van der Waals surface area (Å²) in [5.74, 6) is 0.716. The standard InChI is InChI=1S/C22H24ClN/c23-21-14-17(5-8-19(21)15-3-4-15)16-6-9-20-18(13-16)7-10-22(20)24-11-1-2-12-24/h5-6,8-9,13-15,22H,1-4,7,10-12H2. The SMILES string of the molecule is Clc1cc(-c2ccc3c(c2)CCC3N2CCCC2)ccc1C1CC1. The maximum Gasteiger partial charge on any atom is 0.0446 e. The van der Waals surface area contributed by atoms with Crippen molar-refractivity contribution in [2.24, 2.45) is 0 Å². The summed E-state index contributed by atoms with van der Waals surface area (Å²) < 4.78 is 0. The van der Waals surface area contributed by atoms with E-state index in [4.69, 9.17) is 11.6 Å². The normalized spacial score (nSPS) is 23.6. The molecule has 0 amide bonds. The zero-order chi connectivity index (χ0) is 16.1. The second-order valence-corrected chi connectivity index (χ2v) is 8.13. The highest BCUT2D eigenvalue weighted by Gasteiger charge is 2.30. The number of likely N-dealkylation sites (tertiary alicyclic amines) is 1. The molecule has 24 heavy (non-hydrogen) atoms. The van der Waals surface area contributed by atoms with E-state index in [0.717, 1.165) is 5.02 Å². The maximum atomic E-state index is 6.53. The number of halogens is 1. The van der Waals surface area contributed by atoms with E-state index in [-0.39, 0.29) is 0 Å². The minimum Gasteiger partial charge on any atom is -0.296 e. The summed E-state index contributed by atoms with van der Waals surface area (Å²) in [6.07, 6.45) is 7.86. The Morgan fingerprint density at radius 3 is 2.25 bits per heavy atom. The molecule has 1 heterocycles. The molecule has 2 aliphatic carbocycles. The first kappa shape index (κ1) is 15.0. The minimum atomic E-state index is 0.664. The van der Waals surface area contributed by atoms with Crippen molar-refractivity contribution in [2.45, 2.75) is 50.5 Å². The van der Waals surface area contributed by atoms with E-state index in [1.165, 1.54) is 68.3 Å². The van der Waals surface area contributed by atoms with Crippen molar-refractivity contribution in [2.75, 3.05) is 13.1 Å². The Kier molecular flexibility index (Phi) is 3.68. The lowest BCUT2D eigenvalue weighted by Crippen LogP contribution is -2.23. The van der Waals surface area contributed by atoms with Crippen LogP contribution in [0.3, 0.4) is 0 Å². The molecule has 1 atom stereocenters. The molecule has 1 nitrogen and oxygen atoms in total. The van der Waals surface area contributed by atoms with E-state index in [0.29, 0.717) is 12.0 Å². The van der Waals surface area contributed by atoms with Crippen LogP contribution in [-0.2, 0) is 6.42 Å². The summed E-state index contributed by atoms with van der Waals surface area (Å²) in [5, 5.41) is 0.949. The van der Waals surface area contributed by atoms with Gasteiger partial charge >= 0.3 is 0 Å². The molecule has 124 valence electrons. The smallest absolute Gasteiger partial charge is 0.0446 e. The molecule has 2 fully saturated rings. The molecule has 1 unspecified atom stereocenters. The highest BCUT2D eigenvalue weighted by Crippen LogP contribution is 2.44. The van der Waals surface area contributed by atoms with Gasteiger partial charge in [0.25, 0.3) is 0 Å². The summed E-state index contributed by atoms with van der Waals surface area (Å²) >= 11 is 6.53. The van der Waals surface area contributed by atoms with E-state index in [1.54, 1.807) is 11.1 Å². The van der Waals surface area contributed by atoms with E-state index in [9.17, 15) is 0 Å². The van der Waals surface area contributed by atoms with Crippen LogP contribution >= 0.6 is 11.6 Å². The van der Waals surface area contributed by atoms with Crippen molar-refractivity contribution >= 4 is 11.6 Å². The Morgan fingerprint density at radius 1 is 0.833 bits per heavy atom. The molecule has 2 heteroatoms. The summed E-state index contributed by atoms with van der Waals surface area (Å²) in [5.41, 5.74) is 7.04. The Labute approximate surface area is 149 Å². The molecule has 3 aliphatic rings. The average Bonchev–Trinajstić information content (AvgIpc) is 3.13. The van der Waals surface area contributed by atoms with Crippen LogP contribution in [0, 0.1) is 0 Å². The molecule has 1 aliphatic heterocycles. The topological polar surface area (TPSA) is 3.24 Å². The zero-order valence-electron chi connectivity index (χ0n) is 14.1. The fraction of sp³-hybridized carbons (Fsp3) is 0.455. The van der Waals surface area contributed by atoms with Gasteiger partial charge in [-0.3, -0.25) is 4.90 Å². The van der Waals surface area contributed by atoms with Crippen LogP contribution in [0.1, 0.15) is 60.8 Å². The molecule has 0 radical (unpaired) electrons. The van der Waals surface area contributed by atoms with Crippen LogP contribution in [0.2, 0.25) is 5.02 Å². The summed E-state index contributed by atoms with van der Waals surface area (Å²) in [6.45, 7) is 2.56. The van der Waals surface area contributed by atoms with E-state index in [2.05, 4.69) is 41.3 Å². The van der Waals surface area contributed by atoms with E-state index < -0.39 is 0 Å². The third-order valence-electron chi connectivity index (χ3n) is 6.12. The third-order valence-corrected chi connectivity index (χ3v) is 6.45. The van der Waals surface area contributed by atoms with Gasteiger partial charge in [-0.2, -0.15) is 0 Å². The average molecular weight is 338 g/mol. The van der Waals surface area contributed by atoms with Crippen LogP contribution in [0.4, 0.5) is 0 Å². The maximum absolute atomic E-state index is 6.53. The van der Waals surface area contributed by atoms with Crippen molar-refractivity contribution in [1.82, 2.24) is 4.90 Å². The molecule has 0 N–H and O–H groups in total. The van der Waals surface area contributed by atoms with Crippen molar-refractivity contribution < 1.29 is 0 Å². The second kappa shape index (κ2) is 5.89. The minimum absolute atomic E-state index is 0.664. The lowest BCUT2D eigenvalue weighted by Gasteiger charge is -2.24. The van der Waals surface area contributed by atoms with E-state index >= 15 is 0 Å². The molecule has 2 aromatic carbocycles. The predicted octanol–water partition coefficient (Wildman–Crippen LogP) is 5.97. The molecule has 2 aromatic rings. The van der Waals surface area contributed by atoms with Gasteiger partial charge in [0.05, 0.1) is 0 Å². The zero-order valence-corrected chi connectivity index (χ0v) is 14.9. The van der Waals surface area contributed by atoms with Gasteiger partial charge < -0.3 is 0 Å². The van der Waals surface area contributed by atoms with Crippen LogP contribution in [0.25, 0.3) is 11.1 Å². The van der Waals surface area contributed by atoms with Gasteiger partial charge in [-0.05, 0) is 91.4 Å². The fourth-order valence-electron chi connectivity index (χ4n) is 4.64. The van der Waals surface area contributed by atoms with Crippen molar-refractivity contribution in [1.29, 1.82) is 0 Å². The fourth-order valence-corrected chi connectivity index (χ4v) is 4.97. The van der Waals surface area contributed by atoms with Gasteiger partial charge in [-0.15, -0.1) is 0 Å². The highest BCUT2D eigenvalue weighted by atomic mass is 35.5. The monoisotopic (exact) mass is 337 g/mol. The van der Waals surface area contributed by atoms with Gasteiger partial charge in [0.15, 0.2) is 0 Å². The van der Waals surface area contributed by atoms with Crippen LogP contribution in [0.5, 0.6) is 0 Å². The number of fused-ring (bicyclic) bond motifs is 1. The number of nitrogens with zero attached hydrogens (tertiary/aromatic N) is 1. The number of hydrogen-bond acceptors (Lipinski definition) is 1. The predicted molar refractivity (Wildman–Crippen MR) is 101 cm³/mol. The van der Waals surface area contributed by atoms with Crippen molar-refractivity contribution in [3.05, 3.63) is 58.1 Å². The number of benzene rings is 2. The van der Waals surface area contributed by atoms with Crippen LogP contribution in [0.15, 0.2) is 36.4 Å². The lowest BCUT2D eigenvalue weighted by atomic mass is 9.98. The third kappa shape index (κ3) is 2.59. The molecular weight excluding hydrogens is 314 g/mol. The summed E-state index contributed by atoms with van der Waals surface area (Å²) in [4.78, 5) is 2.69. The Morgan fingerprint density at radius 2 is 1.54 bits per heavy atom. The van der Waals surface area contributed by atoms with Crippen molar-refractivity contribution in [3.8, 4) is 11.1 Å². The van der Waals surface area contributed by atoms with Gasteiger partial charge in [-0.1, -0.05) is 41.9 Å². The summed E-state index contributed by atoms with van der Waals surface area (Å²) in [6, 6.07) is 14.4. The van der Waals surface area contributed by atoms with Gasteiger partial charge in [-0.25, -0.2) is 0 Å². The molecule has 5 rings (SSSR count). The quantitative estimate of drug-likeness (QED) is 0.667. The molecule has 0 bridgehead atoms. The van der Waals surface area contributed by atoms with Gasteiger partial charge in [0.1, 0.15) is 0 Å². The first-order chi connectivity index (χ1) is 11.8. The number of aryl methyl sites for hydroxylation is 1. The molecular formula is C22H24ClN. The summed E-state index contributed by atoms with van der Waals surface area (Å²) in [7, 11) is 0. The first-order valence-electron chi connectivity index (χ1n) is 9.46. The van der Waals surface area contributed by atoms with Crippen molar-refractivity contribution in [3.63, 3.8) is 0 Å². The van der Waals surface area contributed by atoms with Crippen LogP contribution < -0.4 is 0 Å². The molecule has 1 saturated carbocycles. The molecule has 1 saturated heterocycles. The van der Waals surface area contributed by atoms with Crippen LogP contribution in [-0.4, -0.2) is 18.0 Å². The Bertz CT molecular complexity index is 772. The first-order valence-corrected chi connectivity index (χ1v) is 9.84. The number of rotatable bonds is 3.